The molecular formula is C14H18FN3. The maximum Gasteiger partial charge on any atom is 0.125 e. The lowest BCUT2D eigenvalue weighted by atomic mass is 10.0. The van der Waals surface area contributed by atoms with Crippen molar-refractivity contribution in [2.75, 3.05) is 6.54 Å². The zero-order valence-electron chi connectivity index (χ0n) is 10.6. The molecule has 1 saturated heterocycles. The van der Waals surface area contributed by atoms with Crippen molar-refractivity contribution >= 4 is 11.0 Å². The van der Waals surface area contributed by atoms with Crippen LogP contribution in [0, 0.1) is 5.82 Å². The number of rotatable bonds is 2. The minimum absolute atomic E-state index is 0.218. The van der Waals surface area contributed by atoms with Gasteiger partial charge >= 0.3 is 0 Å². The molecule has 0 amide bonds. The minimum atomic E-state index is -0.218. The minimum Gasteiger partial charge on any atom is -0.341 e. The van der Waals surface area contributed by atoms with Gasteiger partial charge in [0.25, 0.3) is 0 Å². The molecule has 0 radical (unpaired) electrons. The van der Waals surface area contributed by atoms with Crippen molar-refractivity contribution in [3.63, 3.8) is 0 Å². The predicted molar refractivity (Wildman–Crippen MR) is 69.8 cm³/mol. The number of likely N-dealkylation sites (tertiary alicyclic amines) is 1. The standard InChI is InChI=1S/C14H18FN3/c1-10-4-2-3-7-18(10)9-14-16-12-6-5-11(15)8-13(12)17-14/h5-6,8,10H,2-4,7,9H2,1H3,(H,16,17). The van der Waals surface area contributed by atoms with Crippen LogP contribution in [0.25, 0.3) is 11.0 Å². The monoisotopic (exact) mass is 247 g/mol. The molecule has 1 unspecified atom stereocenters. The zero-order valence-corrected chi connectivity index (χ0v) is 10.6. The van der Waals surface area contributed by atoms with E-state index in [0.717, 1.165) is 29.9 Å². The van der Waals surface area contributed by atoms with Gasteiger partial charge in [-0.05, 0) is 44.5 Å². The molecule has 1 aliphatic rings. The molecule has 1 fully saturated rings. The molecule has 0 aliphatic carbocycles. The molecule has 4 heteroatoms. The van der Waals surface area contributed by atoms with E-state index in [1.165, 1.54) is 31.4 Å². The van der Waals surface area contributed by atoms with Gasteiger partial charge in [0.05, 0.1) is 17.6 Å². The first-order valence-electron chi connectivity index (χ1n) is 6.60. The van der Waals surface area contributed by atoms with E-state index in [0.29, 0.717) is 6.04 Å². The number of hydrogen-bond donors (Lipinski definition) is 1. The van der Waals surface area contributed by atoms with Crippen LogP contribution >= 0.6 is 0 Å². The molecule has 0 saturated carbocycles. The fourth-order valence-electron chi connectivity index (χ4n) is 2.69. The van der Waals surface area contributed by atoms with Gasteiger partial charge in [0.2, 0.25) is 0 Å². The van der Waals surface area contributed by atoms with E-state index in [1.54, 1.807) is 6.07 Å². The summed E-state index contributed by atoms with van der Waals surface area (Å²) in [4.78, 5) is 10.2. The van der Waals surface area contributed by atoms with Gasteiger partial charge in [-0.2, -0.15) is 0 Å². The zero-order chi connectivity index (χ0) is 12.5. The van der Waals surface area contributed by atoms with Gasteiger partial charge in [-0.1, -0.05) is 6.42 Å². The maximum atomic E-state index is 13.1. The highest BCUT2D eigenvalue weighted by Crippen LogP contribution is 2.19. The lowest BCUT2D eigenvalue weighted by molar-refractivity contribution is 0.149. The van der Waals surface area contributed by atoms with Crippen molar-refractivity contribution in [2.24, 2.45) is 0 Å². The highest BCUT2D eigenvalue weighted by Gasteiger charge is 2.19. The summed E-state index contributed by atoms with van der Waals surface area (Å²) in [5.74, 6) is 0.716. The Kier molecular flexibility index (Phi) is 3.04. The number of nitrogens with zero attached hydrogens (tertiary/aromatic N) is 2. The van der Waals surface area contributed by atoms with Gasteiger partial charge in [-0.15, -0.1) is 0 Å². The number of halogens is 1. The molecule has 1 N–H and O–H groups in total. The Hall–Kier alpha value is -1.42. The summed E-state index contributed by atoms with van der Waals surface area (Å²) >= 11 is 0. The van der Waals surface area contributed by atoms with Crippen LogP contribution in [0.5, 0.6) is 0 Å². The Bertz CT molecular complexity index is 549. The summed E-state index contributed by atoms with van der Waals surface area (Å²) in [6, 6.07) is 5.30. The van der Waals surface area contributed by atoms with Crippen LogP contribution in [0.15, 0.2) is 18.2 Å². The summed E-state index contributed by atoms with van der Waals surface area (Å²) < 4.78 is 13.1. The van der Waals surface area contributed by atoms with Gasteiger partial charge in [-0.3, -0.25) is 4.90 Å². The quantitative estimate of drug-likeness (QED) is 0.884. The number of imidazole rings is 1. The number of aromatic nitrogens is 2. The molecule has 2 heterocycles. The Morgan fingerprint density at radius 1 is 1.44 bits per heavy atom. The first-order chi connectivity index (χ1) is 8.72. The maximum absolute atomic E-state index is 13.1. The van der Waals surface area contributed by atoms with E-state index in [1.807, 2.05) is 0 Å². The van der Waals surface area contributed by atoms with Crippen LogP contribution in [0.2, 0.25) is 0 Å². The lowest BCUT2D eigenvalue weighted by Gasteiger charge is -2.32. The molecule has 1 aromatic carbocycles. The van der Waals surface area contributed by atoms with Crippen molar-refractivity contribution in [3.05, 3.63) is 29.8 Å². The summed E-state index contributed by atoms with van der Waals surface area (Å²) in [5.41, 5.74) is 1.63. The Balaban J connectivity index is 1.81. The smallest absolute Gasteiger partial charge is 0.125 e. The Labute approximate surface area is 106 Å². The van der Waals surface area contributed by atoms with Crippen molar-refractivity contribution < 1.29 is 4.39 Å². The van der Waals surface area contributed by atoms with E-state index in [-0.39, 0.29) is 5.82 Å². The lowest BCUT2D eigenvalue weighted by Crippen LogP contribution is -2.37. The van der Waals surface area contributed by atoms with Gasteiger partial charge in [0.1, 0.15) is 11.6 Å². The number of piperidine rings is 1. The van der Waals surface area contributed by atoms with Crippen LogP contribution in [0.1, 0.15) is 32.0 Å². The van der Waals surface area contributed by atoms with Crippen molar-refractivity contribution in [1.82, 2.24) is 14.9 Å². The van der Waals surface area contributed by atoms with Gasteiger partial charge in [0.15, 0.2) is 0 Å². The summed E-state index contributed by atoms with van der Waals surface area (Å²) in [6.45, 7) is 4.23. The number of nitrogens with one attached hydrogen (secondary N) is 1. The molecular weight excluding hydrogens is 229 g/mol. The third-order valence-electron chi connectivity index (χ3n) is 3.79. The highest BCUT2D eigenvalue weighted by atomic mass is 19.1. The largest absolute Gasteiger partial charge is 0.341 e. The Morgan fingerprint density at radius 3 is 3.17 bits per heavy atom. The molecule has 96 valence electrons. The SMILES string of the molecule is CC1CCCCN1Cc1nc2ccc(F)cc2[nH]1. The van der Waals surface area contributed by atoms with E-state index in [2.05, 4.69) is 21.8 Å². The van der Waals surface area contributed by atoms with E-state index >= 15 is 0 Å². The molecule has 1 aliphatic heterocycles. The van der Waals surface area contributed by atoms with E-state index in [4.69, 9.17) is 0 Å². The van der Waals surface area contributed by atoms with Crippen LogP contribution in [-0.4, -0.2) is 27.5 Å². The Morgan fingerprint density at radius 2 is 2.33 bits per heavy atom. The molecule has 2 aromatic rings. The van der Waals surface area contributed by atoms with Crippen molar-refractivity contribution in [1.29, 1.82) is 0 Å². The molecule has 3 rings (SSSR count). The van der Waals surface area contributed by atoms with Crippen molar-refractivity contribution in [3.8, 4) is 0 Å². The topological polar surface area (TPSA) is 31.9 Å². The summed E-state index contributed by atoms with van der Waals surface area (Å²) in [5, 5.41) is 0. The van der Waals surface area contributed by atoms with Crippen LogP contribution in [0.3, 0.4) is 0 Å². The predicted octanol–water partition coefficient (Wildman–Crippen LogP) is 3.08. The fourth-order valence-corrected chi connectivity index (χ4v) is 2.69. The number of hydrogen-bond acceptors (Lipinski definition) is 2. The van der Waals surface area contributed by atoms with Crippen LogP contribution in [0.4, 0.5) is 4.39 Å². The fraction of sp³-hybridized carbons (Fsp3) is 0.500. The number of H-pyrrole nitrogens is 1. The summed E-state index contributed by atoms with van der Waals surface area (Å²) in [7, 11) is 0. The van der Waals surface area contributed by atoms with E-state index in [9.17, 15) is 4.39 Å². The molecule has 18 heavy (non-hydrogen) atoms. The highest BCUT2D eigenvalue weighted by molar-refractivity contribution is 5.74. The first kappa shape index (κ1) is 11.7. The number of fused-ring (bicyclic) bond motifs is 1. The first-order valence-corrected chi connectivity index (χ1v) is 6.60. The second-order valence-electron chi connectivity index (χ2n) is 5.16. The van der Waals surface area contributed by atoms with Crippen LogP contribution < -0.4 is 0 Å². The molecule has 3 nitrogen and oxygen atoms in total. The molecule has 1 atom stereocenters. The summed E-state index contributed by atoms with van der Waals surface area (Å²) in [6.07, 6.45) is 3.84. The van der Waals surface area contributed by atoms with Crippen molar-refractivity contribution in [2.45, 2.75) is 38.8 Å². The van der Waals surface area contributed by atoms with E-state index < -0.39 is 0 Å². The third-order valence-corrected chi connectivity index (χ3v) is 3.79. The second-order valence-corrected chi connectivity index (χ2v) is 5.16. The van der Waals surface area contributed by atoms with Gasteiger partial charge < -0.3 is 4.98 Å². The normalized spacial score (nSPS) is 21.6. The average Bonchev–Trinajstić information content (AvgIpc) is 2.73. The molecule has 0 bridgehead atoms. The number of benzene rings is 1. The van der Waals surface area contributed by atoms with Crippen LogP contribution in [-0.2, 0) is 6.54 Å². The molecule has 0 spiro atoms. The number of aromatic amines is 1. The van der Waals surface area contributed by atoms with Gasteiger partial charge in [0, 0.05) is 6.04 Å². The molecule has 1 aromatic heterocycles. The van der Waals surface area contributed by atoms with Gasteiger partial charge in [-0.25, -0.2) is 9.37 Å². The second kappa shape index (κ2) is 4.69. The third kappa shape index (κ3) is 2.25. The average molecular weight is 247 g/mol.